The molecule has 0 saturated carbocycles. The Kier molecular flexibility index (Phi) is 7.05. The third kappa shape index (κ3) is 5.72. The summed E-state index contributed by atoms with van der Waals surface area (Å²) in [4.78, 5) is 16.5. The van der Waals surface area contributed by atoms with Crippen LogP contribution in [-0.2, 0) is 13.2 Å². The first kappa shape index (κ1) is 20.2. The van der Waals surface area contributed by atoms with E-state index in [2.05, 4.69) is 10.3 Å². The number of methoxy groups -OCH3 is 1. The summed E-state index contributed by atoms with van der Waals surface area (Å²) in [6.45, 7) is 3.26. The van der Waals surface area contributed by atoms with Crippen LogP contribution in [0.25, 0.3) is 0 Å². The van der Waals surface area contributed by atoms with Gasteiger partial charge in [-0.25, -0.2) is 0 Å². The topological polar surface area (TPSA) is 69.7 Å². The number of nitrogens with one attached hydrogen (secondary N) is 1. The largest absolute Gasteiger partial charge is 0.493 e. The fraction of sp³-hybridized carbons (Fsp3) is 0.217. The zero-order valence-electron chi connectivity index (χ0n) is 16.6. The summed E-state index contributed by atoms with van der Waals surface area (Å²) in [5, 5.41) is 2.91. The van der Waals surface area contributed by atoms with Gasteiger partial charge in [-0.15, -0.1) is 0 Å². The number of nitrogens with zero attached hydrogens (tertiary/aromatic N) is 1. The van der Waals surface area contributed by atoms with Gasteiger partial charge in [0.25, 0.3) is 5.91 Å². The van der Waals surface area contributed by atoms with E-state index in [-0.39, 0.29) is 5.91 Å². The van der Waals surface area contributed by atoms with Crippen LogP contribution >= 0.6 is 0 Å². The zero-order valence-corrected chi connectivity index (χ0v) is 16.6. The number of pyridine rings is 1. The number of hydrogen-bond acceptors (Lipinski definition) is 5. The second-order valence-corrected chi connectivity index (χ2v) is 6.28. The Morgan fingerprint density at radius 2 is 1.83 bits per heavy atom. The molecule has 1 heterocycles. The van der Waals surface area contributed by atoms with E-state index in [0.717, 1.165) is 16.9 Å². The molecular weight excluding hydrogens is 368 g/mol. The lowest BCUT2D eigenvalue weighted by molar-refractivity contribution is 0.0950. The summed E-state index contributed by atoms with van der Waals surface area (Å²) in [6.07, 6.45) is 3.51. The van der Waals surface area contributed by atoms with E-state index < -0.39 is 0 Å². The van der Waals surface area contributed by atoms with Crippen molar-refractivity contribution in [3.63, 3.8) is 0 Å². The number of ether oxygens (including phenoxy) is 3. The van der Waals surface area contributed by atoms with Crippen molar-refractivity contribution >= 4 is 5.91 Å². The van der Waals surface area contributed by atoms with Gasteiger partial charge in [0.2, 0.25) is 0 Å². The molecule has 150 valence electrons. The summed E-state index contributed by atoms with van der Waals surface area (Å²) in [7, 11) is 1.57. The van der Waals surface area contributed by atoms with Gasteiger partial charge in [-0.05, 0) is 48.9 Å². The molecule has 1 N–H and O–H groups in total. The molecule has 1 aromatic heterocycles. The minimum Gasteiger partial charge on any atom is -0.493 e. The molecule has 29 heavy (non-hydrogen) atoms. The minimum atomic E-state index is -0.175. The predicted molar refractivity (Wildman–Crippen MR) is 110 cm³/mol. The maximum Gasteiger partial charge on any atom is 0.251 e. The smallest absolute Gasteiger partial charge is 0.251 e. The molecule has 0 saturated heterocycles. The van der Waals surface area contributed by atoms with Crippen molar-refractivity contribution < 1.29 is 19.0 Å². The van der Waals surface area contributed by atoms with Gasteiger partial charge in [0, 0.05) is 30.1 Å². The molecule has 6 heteroatoms. The van der Waals surface area contributed by atoms with Crippen LogP contribution in [0, 0.1) is 0 Å². The van der Waals surface area contributed by atoms with Crippen molar-refractivity contribution in [2.45, 2.75) is 20.1 Å². The van der Waals surface area contributed by atoms with Crippen molar-refractivity contribution in [1.29, 1.82) is 0 Å². The summed E-state index contributed by atoms with van der Waals surface area (Å²) < 4.78 is 16.5. The highest BCUT2D eigenvalue weighted by atomic mass is 16.5. The minimum absolute atomic E-state index is 0.175. The Morgan fingerprint density at radius 3 is 2.52 bits per heavy atom. The van der Waals surface area contributed by atoms with Crippen LogP contribution < -0.4 is 19.5 Å². The first-order valence-electron chi connectivity index (χ1n) is 9.39. The molecule has 2 aromatic carbocycles. The highest BCUT2D eigenvalue weighted by molar-refractivity contribution is 5.94. The highest BCUT2D eigenvalue weighted by Gasteiger charge is 2.11. The molecule has 3 aromatic rings. The number of aromatic nitrogens is 1. The van der Waals surface area contributed by atoms with Gasteiger partial charge >= 0.3 is 0 Å². The van der Waals surface area contributed by atoms with Crippen LogP contribution in [0.2, 0.25) is 0 Å². The van der Waals surface area contributed by atoms with E-state index in [0.29, 0.717) is 36.8 Å². The Hall–Kier alpha value is -3.54. The van der Waals surface area contributed by atoms with Gasteiger partial charge in [0.05, 0.1) is 13.7 Å². The van der Waals surface area contributed by atoms with E-state index in [1.807, 2.05) is 43.3 Å². The highest BCUT2D eigenvalue weighted by Crippen LogP contribution is 2.28. The first-order chi connectivity index (χ1) is 14.2. The number of carbonyl (C=O) groups excluding carboxylic acids is 1. The number of benzene rings is 2. The fourth-order valence-corrected chi connectivity index (χ4v) is 2.72. The molecule has 0 aliphatic rings. The lowest BCUT2D eigenvalue weighted by Gasteiger charge is -2.11. The summed E-state index contributed by atoms with van der Waals surface area (Å²) in [5.74, 6) is 1.74. The molecule has 3 rings (SSSR count). The number of rotatable bonds is 9. The van der Waals surface area contributed by atoms with Gasteiger partial charge in [-0.3, -0.25) is 9.78 Å². The second kappa shape index (κ2) is 10.1. The van der Waals surface area contributed by atoms with Crippen molar-refractivity contribution in [2.24, 2.45) is 0 Å². The van der Waals surface area contributed by atoms with Crippen LogP contribution in [0.3, 0.4) is 0 Å². The molecule has 0 aliphatic heterocycles. The van der Waals surface area contributed by atoms with Crippen LogP contribution in [0.15, 0.2) is 67.0 Å². The Bertz CT molecular complexity index is 927. The lowest BCUT2D eigenvalue weighted by Crippen LogP contribution is -2.22. The molecule has 0 fully saturated rings. The molecule has 0 radical (unpaired) electrons. The van der Waals surface area contributed by atoms with Gasteiger partial charge < -0.3 is 19.5 Å². The fourth-order valence-electron chi connectivity index (χ4n) is 2.72. The Morgan fingerprint density at radius 1 is 1.00 bits per heavy atom. The normalized spacial score (nSPS) is 10.3. The third-order valence-corrected chi connectivity index (χ3v) is 4.23. The van der Waals surface area contributed by atoms with Gasteiger partial charge in [0.15, 0.2) is 11.5 Å². The quantitative estimate of drug-likeness (QED) is 0.596. The predicted octanol–water partition coefficient (Wildman–Crippen LogP) is 4.00. The summed E-state index contributed by atoms with van der Waals surface area (Å²) in [6, 6.07) is 16.6. The maximum absolute atomic E-state index is 12.5. The molecule has 6 nitrogen and oxygen atoms in total. The van der Waals surface area contributed by atoms with E-state index in [4.69, 9.17) is 14.2 Å². The average molecular weight is 392 g/mol. The number of carbonyl (C=O) groups is 1. The SMILES string of the molecule is CCOc1cc(C(=O)NCc2ccc(OCc3cccnc3)cc2)ccc1OC. The zero-order chi connectivity index (χ0) is 20.5. The van der Waals surface area contributed by atoms with Crippen LogP contribution in [-0.4, -0.2) is 24.6 Å². The Labute approximate surface area is 170 Å². The molecule has 1 amide bonds. The molecular formula is C23H24N2O4. The van der Waals surface area contributed by atoms with Crippen LogP contribution in [0.5, 0.6) is 17.2 Å². The standard InChI is InChI=1S/C23H24N2O4/c1-3-28-22-13-19(8-11-21(22)27-2)23(26)25-15-17-6-9-20(10-7-17)29-16-18-5-4-12-24-14-18/h4-14H,3,15-16H2,1-2H3,(H,25,26). The number of amides is 1. The summed E-state index contributed by atoms with van der Waals surface area (Å²) in [5.41, 5.74) is 2.51. The second-order valence-electron chi connectivity index (χ2n) is 6.28. The molecule has 0 unspecified atom stereocenters. The molecule has 0 bridgehead atoms. The van der Waals surface area contributed by atoms with Crippen molar-refractivity contribution in [3.8, 4) is 17.2 Å². The first-order valence-corrected chi connectivity index (χ1v) is 9.39. The third-order valence-electron chi connectivity index (χ3n) is 4.23. The summed E-state index contributed by atoms with van der Waals surface area (Å²) >= 11 is 0. The van der Waals surface area contributed by atoms with Gasteiger partial charge in [0.1, 0.15) is 12.4 Å². The Balaban J connectivity index is 1.54. The van der Waals surface area contributed by atoms with Crippen molar-refractivity contribution in [1.82, 2.24) is 10.3 Å². The van der Waals surface area contributed by atoms with E-state index >= 15 is 0 Å². The van der Waals surface area contributed by atoms with Gasteiger partial charge in [-0.1, -0.05) is 18.2 Å². The van der Waals surface area contributed by atoms with Crippen LogP contribution in [0.4, 0.5) is 0 Å². The molecule has 0 atom stereocenters. The van der Waals surface area contributed by atoms with E-state index in [9.17, 15) is 4.79 Å². The average Bonchev–Trinajstić information content (AvgIpc) is 2.77. The van der Waals surface area contributed by atoms with Gasteiger partial charge in [-0.2, -0.15) is 0 Å². The van der Waals surface area contributed by atoms with Crippen molar-refractivity contribution in [3.05, 3.63) is 83.7 Å². The maximum atomic E-state index is 12.5. The van der Waals surface area contributed by atoms with Crippen molar-refractivity contribution in [2.75, 3.05) is 13.7 Å². The monoisotopic (exact) mass is 392 g/mol. The number of hydrogen-bond donors (Lipinski definition) is 1. The lowest BCUT2D eigenvalue weighted by atomic mass is 10.1. The molecule has 0 aliphatic carbocycles. The van der Waals surface area contributed by atoms with E-state index in [1.54, 1.807) is 37.7 Å². The molecule has 0 spiro atoms. The van der Waals surface area contributed by atoms with E-state index in [1.165, 1.54) is 0 Å². The van der Waals surface area contributed by atoms with Crippen LogP contribution in [0.1, 0.15) is 28.4 Å².